The number of phenols is 2. The monoisotopic (exact) mass is 247 g/mol. The Morgan fingerprint density at radius 1 is 1.22 bits per heavy atom. The smallest absolute Gasteiger partial charge is 0.312 e. The third-order valence-corrected chi connectivity index (χ3v) is 2.91. The number of carboxylic acids is 1. The van der Waals surface area contributed by atoms with Crippen LogP contribution in [0, 0.1) is 0 Å². The molecule has 0 aliphatic carbocycles. The van der Waals surface area contributed by atoms with Crippen LogP contribution in [-0.4, -0.2) is 27.8 Å². The highest BCUT2D eigenvalue weighted by atomic mass is 16.4. The Bertz CT molecular complexity index is 604. The van der Waals surface area contributed by atoms with E-state index in [9.17, 15) is 15.0 Å². The molecule has 0 spiro atoms. The van der Waals surface area contributed by atoms with Gasteiger partial charge in [0.15, 0.2) is 0 Å². The summed E-state index contributed by atoms with van der Waals surface area (Å²) in [6.45, 7) is -0.127. The standard InChI is InChI=1S/C13H13NO4/c14-6-10(13(17)18)12-9-5-8(15)3-1-7(9)2-4-11(12)16/h1-5,10,15-16H,6,14H2,(H,17,18). The van der Waals surface area contributed by atoms with Crippen molar-refractivity contribution in [2.75, 3.05) is 6.54 Å². The highest BCUT2D eigenvalue weighted by Gasteiger charge is 2.23. The minimum absolute atomic E-state index is 0.00973. The highest BCUT2D eigenvalue weighted by Crippen LogP contribution is 2.34. The maximum absolute atomic E-state index is 11.2. The average Bonchev–Trinajstić information content (AvgIpc) is 2.32. The second-order valence-electron chi connectivity index (χ2n) is 4.03. The number of aromatic hydroxyl groups is 2. The van der Waals surface area contributed by atoms with Gasteiger partial charge >= 0.3 is 5.97 Å². The van der Waals surface area contributed by atoms with Gasteiger partial charge in [0, 0.05) is 12.1 Å². The molecule has 0 radical (unpaired) electrons. The van der Waals surface area contributed by atoms with Crippen molar-refractivity contribution in [3.63, 3.8) is 0 Å². The average molecular weight is 247 g/mol. The molecule has 0 aliphatic rings. The fourth-order valence-corrected chi connectivity index (χ4v) is 2.03. The number of carboxylic acid groups (broad SMARTS) is 1. The quantitative estimate of drug-likeness (QED) is 0.656. The van der Waals surface area contributed by atoms with Crippen LogP contribution in [-0.2, 0) is 4.79 Å². The third-order valence-electron chi connectivity index (χ3n) is 2.91. The largest absolute Gasteiger partial charge is 0.508 e. The zero-order chi connectivity index (χ0) is 13.3. The summed E-state index contributed by atoms with van der Waals surface area (Å²) in [7, 11) is 0. The van der Waals surface area contributed by atoms with E-state index in [0.717, 1.165) is 5.39 Å². The van der Waals surface area contributed by atoms with Gasteiger partial charge in [-0.15, -0.1) is 0 Å². The number of hydrogen-bond acceptors (Lipinski definition) is 4. The molecule has 0 heterocycles. The number of rotatable bonds is 3. The predicted octanol–water partition coefficient (Wildman–Crippen LogP) is 1.38. The number of benzene rings is 2. The Hall–Kier alpha value is -2.27. The van der Waals surface area contributed by atoms with Crippen molar-refractivity contribution in [2.45, 2.75) is 5.92 Å². The Morgan fingerprint density at radius 3 is 2.50 bits per heavy atom. The van der Waals surface area contributed by atoms with Gasteiger partial charge in [-0.3, -0.25) is 4.79 Å². The fourth-order valence-electron chi connectivity index (χ4n) is 2.03. The lowest BCUT2D eigenvalue weighted by atomic mass is 9.92. The van der Waals surface area contributed by atoms with E-state index < -0.39 is 11.9 Å². The van der Waals surface area contributed by atoms with Gasteiger partial charge in [-0.25, -0.2) is 0 Å². The SMILES string of the molecule is NCC(C(=O)O)c1c(O)ccc2ccc(O)cc12. The lowest BCUT2D eigenvalue weighted by Gasteiger charge is -2.15. The third kappa shape index (κ3) is 1.96. The van der Waals surface area contributed by atoms with Gasteiger partial charge in [0.1, 0.15) is 11.5 Å². The molecule has 1 atom stereocenters. The summed E-state index contributed by atoms with van der Waals surface area (Å²) in [4.78, 5) is 11.2. The van der Waals surface area contributed by atoms with Gasteiger partial charge in [0.25, 0.3) is 0 Å². The first-order chi connectivity index (χ1) is 8.54. The predicted molar refractivity (Wildman–Crippen MR) is 66.7 cm³/mol. The first kappa shape index (κ1) is 12.2. The molecule has 94 valence electrons. The molecule has 1 unspecified atom stereocenters. The molecule has 2 rings (SSSR count). The van der Waals surface area contributed by atoms with Crippen LogP contribution in [0.25, 0.3) is 10.8 Å². The molecule has 0 aromatic heterocycles. The molecule has 0 saturated carbocycles. The second kappa shape index (κ2) is 4.54. The van der Waals surface area contributed by atoms with E-state index in [1.165, 1.54) is 18.2 Å². The molecular weight excluding hydrogens is 234 g/mol. The van der Waals surface area contributed by atoms with Crippen molar-refractivity contribution in [3.05, 3.63) is 35.9 Å². The molecule has 18 heavy (non-hydrogen) atoms. The van der Waals surface area contributed by atoms with Crippen LogP contribution in [0.2, 0.25) is 0 Å². The number of nitrogens with two attached hydrogens (primary N) is 1. The number of phenolic OH excluding ortho intramolecular Hbond substituents is 2. The van der Waals surface area contributed by atoms with E-state index in [2.05, 4.69) is 0 Å². The summed E-state index contributed by atoms with van der Waals surface area (Å²) in [5.41, 5.74) is 5.68. The van der Waals surface area contributed by atoms with E-state index in [-0.39, 0.29) is 23.6 Å². The molecule has 5 heteroatoms. The van der Waals surface area contributed by atoms with E-state index in [0.29, 0.717) is 5.39 Å². The highest BCUT2D eigenvalue weighted by molar-refractivity contribution is 5.93. The molecule has 0 fully saturated rings. The molecule has 0 saturated heterocycles. The molecule has 2 aromatic carbocycles. The molecule has 0 aliphatic heterocycles. The zero-order valence-electron chi connectivity index (χ0n) is 9.50. The van der Waals surface area contributed by atoms with Crippen molar-refractivity contribution in [3.8, 4) is 11.5 Å². The van der Waals surface area contributed by atoms with Crippen molar-refractivity contribution < 1.29 is 20.1 Å². The van der Waals surface area contributed by atoms with E-state index in [1.807, 2.05) is 0 Å². The molecule has 2 aromatic rings. The summed E-state index contributed by atoms with van der Waals surface area (Å²) in [6, 6.07) is 7.67. The zero-order valence-corrected chi connectivity index (χ0v) is 9.50. The Morgan fingerprint density at radius 2 is 1.89 bits per heavy atom. The van der Waals surface area contributed by atoms with Crippen LogP contribution in [0.5, 0.6) is 11.5 Å². The van der Waals surface area contributed by atoms with Crippen LogP contribution >= 0.6 is 0 Å². The Balaban J connectivity index is 2.77. The Kier molecular flexibility index (Phi) is 3.08. The minimum Gasteiger partial charge on any atom is -0.508 e. The summed E-state index contributed by atoms with van der Waals surface area (Å²) >= 11 is 0. The topological polar surface area (TPSA) is 104 Å². The van der Waals surface area contributed by atoms with E-state index in [4.69, 9.17) is 10.8 Å². The molecule has 5 nitrogen and oxygen atoms in total. The van der Waals surface area contributed by atoms with Gasteiger partial charge in [0.2, 0.25) is 0 Å². The fraction of sp³-hybridized carbons (Fsp3) is 0.154. The summed E-state index contributed by atoms with van der Waals surface area (Å²) in [5, 5.41) is 29.7. The summed E-state index contributed by atoms with van der Waals surface area (Å²) in [5.74, 6) is -2.24. The number of carbonyl (C=O) groups is 1. The number of fused-ring (bicyclic) bond motifs is 1. The number of aliphatic carboxylic acids is 1. The second-order valence-corrected chi connectivity index (χ2v) is 4.03. The van der Waals surface area contributed by atoms with Crippen LogP contribution in [0.1, 0.15) is 11.5 Å². The van der Waals surface area contributed by atoms with Gasteiger partial charge in [-0.05, 0) is 29.0 Å². The number of hydrogen-bond donors (Lipinski definition) is 4. The van der Waals surface area contributed by atoms with Crippen molar-refractivity contribution in [1.82, 2.24) is 0 Å². The van der Waals surface area contributed by atoms with Crippen molar-refractivity contribution >= 4 is 16.7 Å². The minimum atomic E-state index is -1.11. The maximum Gasteiger partial charge on any atom is 0.312 e. The van der Waals surface area contributed by atoms with Gasteiger partial charge in [-0.1, -0.05) is 12.1 Å². The molecule has 0 bridgehead atoms. The summed E-state index contributed by atoms with van der Waals surface area (Å²) in [6.07, 6.45) is 0. The normalized spacial score (nSPS) is 12.5. The van der Waals surface area contributed by atoms with Gasteiger partial charge in [-0.2, -0.15) is 0 Å². The lowest BCUT2D eigenvalue weighted by Crippen LogP contribution is -2.21. The maximum atomic E-state index is 11.2. The molecule has 5 N–H and O–H groups in total. The summed E-state index contributed by atoms with van der Waals surface area (Å²) < 4.78 is 0. The molecule has 0 amide bonds. The van der Waals surface area contributed by atoms with Crippen LogP contribution in [0.3, 0.4) is 0 Å². The van der Waals surface area contributed by atoms with Gasteiger partial charge < -0.3 is 21.1 Å². The van der Waals surface area contributed by atoms with E-state index >= 15 is 0 Å². The first-order valence-electron chi connectivity index (χ1n) is 5.42. The van der Waals surface area contributed by atoms with Crippen molar-refractivity contribution in [2.24, 2.45) is 5.73 Å². The lowest BCUT2D eigenvalue weighted by molar-refractivity contribution is -0.138. The Labute approximate surface area is 103 Å². The van der Waals surface area contributed by atoms with Crippen molar-refractivity contribution in [1.29, 1.82) is 0 Å². The van der Waals surface area contributed by atoms with Crippen LogP contribution in [0.4, 0.5) is 0 Å². The van der Waals surface area contributed by atoms with Gasteiger partial charge in [0.05, 0.1) is 5.92 Å². The first-order valence-corrected chi connectivity index (χ1v) is 5.42. The van der Waals surface area contributed by atoms with Crippen LogP contribution in [0.15, 0.2) is 30.3 Å². The van der Waals surface area contributed by atoms with E-state index in [1.54, 1.807) is 12.1 Å². The van der Waals surface area contributed by atoms with Crippen LogP contribution < -0.4 is 5.73 Å². The molecular formula is C13H13NO4.